The van der Waals surface area contributed by atoms with Crippen LogP contribution in [0.15, 0.2) is 45.7 Å². The van der Waals surface area contributed by atoms with Gasteiger partial charge in [-0.2, -0.15) is 0 Å². The molecule has 0 amide bonds. The molecule has 0 aliphatic carbocycles. The van der Waals surface area contributed by atoms with Crippen molar-refractivity contribution in [1.29, 1.82) is 0 Å². The van der Waals surface area contributed by atoms with E-state index in [9.17, 15) is 4.79 Å². The standard InChI is InChI=1S/C14H15NO3S/c1-17-14(16)12-8-7-11(18-12)13(15)9-3-5-10(19-2)6-4-9/h3-8,13H,15H2,1-2H3. The lowest BCUT2D eigenvalue weighted by Gasteiger charge is -2.09. The maximum absolute atomic E-state index is 11.3. The quantitative estimate of drug-likeness (QED) is 0.687. The van der Waals surface area contributed by atoms with E-state index in [1.807, 2.05) is 30.5 Å². The van der Waals surface area contributed by atoms with Crippen molar-refractivity contribution in [2.75, 3.05) is 13.4 Å². The zero-order valence-corrected chi connectivity index (χ0v) is 11.6. The molecular weight excluding hydrogens is 262 g/mol. The molecular formula is C14H15NO3S. The smallest absolute Gasteiger partial charge is 0.373 e. The molecule has 1 atom stereocenters. The van der Waals surface area contributed by atoms with Crippen LogP contribution in [0.25, 0.3) is 0 Å². The lowest BCUT2D eigenvalue weighted by atomic mass is 10.1. The third-order valence-electron chi connectivity index (χ3n) is 2.79. The van der Waals surface area contributed by atoms with E-state index in [2.05, 4.69) is 4.74 Å². The maximum Gasteiger partial charge on any atom is 0.373 e. The highest BCUT2D eigenvalue weighted by Gasteiger charge is 2.16. The van der Waals surface area contributed by atoms with Gasteiger partial charge in [-0.1, -0.05) is 12.1 Å². The number of hydrogen-bond acceptors (Lipinski definition) is 5. The number of benzene rings is 1. The van der Waals surface area contributed by atoms with Crippen molar-refractivity contribution in [3.8, 4) is 0 Å². The molecule has 0 aliphatic heterocycles. The highest BCUT2D eigenvalue weighted by molar-refractivity contribution is 7.98. The molecule has 1 unspecified atom stereocenters. The Morgan fingerprint density at radius 3 is 2.53 bits per heavy atom. The Kier molecular flexibility index (Phi) is 4.29. The summed E-state index contributed by atoms with van der Waals surface area (Å²) in [5.74, 6) is 0.196. The fourth-order valence-corrected chi connectivity index (χ4v) is 2.11. The summed E-state index contributed by atoms with van der Waals surface area (Å²) < 4.78 is 9.99. The lowest BCUT2D eigenvalue weighted by molar-refractivity contribution is 0.0562. The molecule has 1 aromatic carbocycles. The minimum absolute atomic E-state index is 0.161. The number of esters is 1. The summed E-state index contributed by atoms with van der Waals surface area (Å²) >= 11 is 1.67. The largest absolute Gasteiger partial charge is 0.463 e. The molecule has 0 fully saturated rings. The second kappa shape index (κ2) is 5.95. The second-order valence-electron chi connectivity index (χ2n) is 3.94. The zero-order valence-electron chi connectivity index (χ0n) is 10.8. The van der Waals surface area contributed by atoms with Crippen molar-refractivity contribution < 1.29 is 13.9 Å². The van der Waals surface area contributed by atoms with Gasteiger partial charge in [0.2, 0.25) is 5.76 Å². The van der Waals surface area contributed by atoms with Gasteiger partial charge in [0.15, 0.2) is 0 Å². The predicted octanol–water partition coefficient (Wildman–Crippen LogP) is 2.84. The van der Waals surface area contributed by atoms with Crippen LogP contribution in [0.2, 0.25) is 0 Å². The van der Waals surface area contributed by atoms with Crippen LogP contribution in [-0.4, -0.2) is 19.3 Å². The lowest BCUT2D eigenvalue weighted by Crippen LogP contribution is -2.10. The average molecular weight is 277 g/mol. The Hall–Kier alpha value is -1.72. The van der Waals surface area contributed by atoms with Crippen molar-refractivity contribution in [2.45, 2.75) is 10.9 Å². The summed E-state index contributed by atoms with van der Waals surface area (Å²) in [6, 6.07) is 10.8. The first-order valence-corrected chi connectivity index (χ1v) is 6.95. The van der Waals surface area contributed by atoms with E-state index >= 15 is 0 Å². The minimum atomic E-state index is -0.504. The van der Waals surface area contributed by atoms with Crippen molar-refractivity contribution >= 4 is 17.7 Å². The fraction of sp³-hybridized carbons (Fsp3) is 0.214. The van der Waals surface area contributed by atoms with Crippen molar-refractivity contribution in [1.82, 2.24) is 0 Å². The van der Waals surface area contributed by atoms with E-state index < -0.39 is 12.0 Å². The van der Waals surface area contributed by atoms with Gasteiger partial charge in [0.05, 0.1) is 13.2 Å². The summed E-state index contributed by atoms with van der Waals surface area (Å²) in [5, 5.41) is 0. The molecule has 0 radical (unpaired) electrons. The number of furan rings is 1. The molecule has 2 rings (SSSR count). The normalized spacial score (nSPS) is 12.2. The number of nitrogens with two attached hydrogens (primary N) is 1. The molecule has 4 nitrogen and oxygen atoms in total. The molecule has 0 bridgehead atoms. The average Bonchev–Trinajstić information content (AvgIpc) is 2.95. The van der Waals surface area contributed by atoms with Crippen LogP contribution in [0.5, 0.6) is 0 Å². The van der Waals surface area contributed by atoms with Crippen LogP contribution < -0.4 is 5.73 Å². The zero-order chi connectivity index (χ0) is 13.8. The number of rotatable bonds is 4. The van der Waals surface area contributed by atoms with Crippen LogP contribution >= 0.6 is 11.8 Å². The van der Waals surface area contributed by atoms with E-state index in [-0.39, 0.29) is 5.76 Å². The Morgan fingerprint density at radius 2 is 1.95 bits per heavy atom. The molecule has 0 saturated heterocycles. The summed E-state index contributed by atoms with van der Waals surface area (Å²) in [6.45, 7) is 0. The number of methoxy groups -OCH3 is 1. The van der Waals surface area contributed by atoms with Crippen molar-refractivity contribution in [3.05, 3.63) is 53.5 Å². The maximum atomic E-state index is 11.3. The monoisotopic (exact) mass is 277 g/mol. The number of ether oxygens (including phenoxy) is 1. The van der Waals surface area contributed by atoms with Gasteiger partial charge >= 0.3 is 5.97 Å². The van der Waals surface area contributed by atoms with Crippen LogP contribution in [0.1, 0.15) is 27.9 Å². The third kappa shape index (κ3) is 3.00. The van der Waals surface area contributed by atoms with Crippen molar-refractivity contribution in [3.63, 3.8) is 0 Å². The summed E-state index contributed by atoms with van der Waals surface area (Å²) in [7, 11) is 1.31. The fourth-order valence-electron chi connectivity index (χ4n) is 1.71. The van der Waals surface area contributed by atoms with Gasteiger partial charge in [0.1, 0.15) is 5.76 Å². The summed E-state index contributed by atoms with van der Waals surface area (Å²) in [4.78, 5) is 12.5. The van der Waals surface area contributed by atoms with E-state index in [1.165, 1.54) is 12.0 Å². The van der Waals surface area contributed by atoms with Gasteiger partial charge in [-0.25, -0.2) is 4.79 Å². The molecule has 19 heavy (non-hydrogen) atoms. The van der Waals surface area contributed by atoms with Gasteiger partial charge < -0.3 is 14.9 Å². The Balaban J connectivity index is 2.20. The Labute approximate surface area is 115 Å². The first-order valence-electron chi connectivity index (χ1n) is 5.73. The SMILES string of the molecule is COC(=O)c1ccc(C(N)c2ccc(SC)cc2)o1. The van der Waals surface area contributed by atoms with Crippen LogP contribution in [-0.2, 0) is 4.74 Å². The van der Waals surface area contributed by atoms with Crippen LogP contribution in [0.4, 0.5) is 0 Å². The Bertz CT molecular complexity index is 562. The first-order chi connectivity index (χ1) is 9.15. The first kappa shape index (κ1) is 13.7. The van der Waals surface area contributed by atoms with Crippen LogP contribution in [0, 0.1) is 0 Å². The van der Waals surface area contributed by atoms with E-state index in [1.54, 1.807) is 23.9 Å². The van der Waals surface area contributed by atoms with Gasteiger partial charge in [-0.15, -0.1) is 11.8 Å². The second-order valence-corrected chi connectivity index (χ2v) is 4.82. The molecule has 0 saturated carbocycles. The van der Waals surface area contributed by atoms with Gasteiger partial charge in [-0.3, -0.25) is 0 Å². The Morgan fingerprint density at radius 1 is 1.26 bits per heavy atom. The topological polar surface area (TPSA) is 65.5 Å². The molecule has 1 aromatic heterocycles. The summed E-state index contributed by atoms with van der Waals surface area (Å²) in [5.41, 5.74) is 7.04. The molecule has 100 valence electrons. The number of hydrogen-bond donors (Lipinski definition) is 1. The summed E-state index contributed by atoms with van der Waals surface area (Å²) in [6.07, 6.45) is 2.02. The number of thioether (sulfide) groups is 1. The molecule has 0 aliphatic rings. The van der Waals surface area contributed by atoms with Crippen LogP contribution in [0.3, 0.4) is 0 Å². The van der Waals surface area contributed by atoms with Gasteiger partial charge in [0.25, 0.3) is 0 Å². The highest BCUT2D eigenvalue weighted by atomic mass is 32.2. The highest BCUT2D eigenvalue weighted by Crippen LogP contribution is 2.24. The van der Waals surface area contributed by atoms with Crippen molar-refractivity contribution in [2.24, 2.45) is 5.73 Å². The molecule has 5 heteroatoms. The number of carbonyl (C=O) groups excluding carboxylic acids is 1. The third-order valence-corrected chi connectivity index (χ3v) is 3.54. The predicted molar refractivity (Wildman–Crippen MR) is 74.3 cm³/mol. The minimum Gasteiger partial charge on any atom is -0.463 e. The van der Waals surface area contributed by atoms with Gasteiger partial charge in [-0.05, 0) is 36.1 Å². The number of carbonyl (C=O) groups is 1. The van der Waals surface area contributed by atoms with Gasteiger partial charge in [0, 0.05) is 4.90 Å². The van der Waals surface area contributed by atoms with E-state index in [0.29, 0.717) is 5.76 Å². The molecule has 0 spiro atoms. The molecule has 2 N–H and O–H groups in total. The van der Waals surface area contributed by atoms with E-state index in [4.69, 9.17) is 10.2 Å². The van der Waals surface area contributed by atoms with E-state index in [0.717, 1.165) is 5.56 Å². The molecule has 1 heterocycles. The molecule has 2 aromatic rings.